The van der Waals surface area contributed by atoms with Crippen molar-refractivity contribution in [1.29, 1.82) is 0 Å². The summed E-state index contributed by atoms with van der Waals surface area (Å²) in [6.45, 7) is 1.27. The Morgan fingerprint density at radius 1 is 1.21 bits per heavy atom. The van der Waals surface area contributed by atoms with Gasteiger partial charge in [0.25, 0.3) is 15.9 Å². The topological polar surface area (TPSA) is 92.1 Å². The molecule has 2 aromatic carbocycles. The van der Waals surface area contributed by atoms with Crippen LogP contribution in [0.1, 0.15) is 18.4 Å². The third kappa shape index (κ3) is 6.10. The lowest BCUT2D eigenvalue weighted by molar-refractivity contribution is -0.885. The molecule has 1 amide bonds. The summed E-state index contributed by atoms with van der Waals surface area (Å²) in [7, 11) is -1.91. The van der Waals surface area contributed by atoms with Gasteiger partial charge in [0, 0.05) is 24.2 Å². The summed E-state index contributed by atoms with van der Waals surface area (Å²) in [4.78, 5) is 17.4. The van der Waals surface area contributed by atoms with Crippen LogP contribution in [0.5, 0.6) is 0 Å². The molecule has 1 heterocycles. The van der Waals surface area contributed by atoms with Gasteiger partial charge in [-0.25, -0.2) is 12.8 Å². The van der Waals surface area contributed by atoms with Crippen LogP contribution >= 0.6 is 0 Å². The molecule has 0 aromatic heterocycles. The number of anilines is 1. The minimum absolute atomic E-state index is 0.0605. The summed E-state index contributed by atoms with van der Waals surface area (Å²) < 4.78 is 40.8. The highest BCUT2D eigenvalue weighted by Crippen LogP contribution is 2.16. The van der Waals surface area contributed by atoms with Crippen LogP contribution in [0.4, 0.5) is 10.1 Å². The predicted molar refractivity (Wildman–Crippen MR) is 109 cm³/mol. The lowest BCUT2D eigenvalue weighted by atomic mass is 10.2. The highest BCUT2D eigenvalue weighted by atomic mass is 32.2. The van der Waals surface area contributed by atoms with E-state index in [1.165, 1.54) is 24.3 Å². The zero-order valence-electron chi connectivity index (χ0n) is 16.1. The maximum atomic E-state index is 13.3. The molecule has 1 aliphatic rings. The van der Waals surface area contributed by atoms with Crippen LogP contribution in [0.2, 0.25) is 0 Å². The van der Waals surface area contributed by atoms with Crippen LogP contribution < -0.4 is 14.9 Å². The Morgan fingerprint density at radius 2 is 2.00 bits per heavy atom. The Balaban J connectivity index is 1.59. The van der Waals surface area contributed by atoms with Gasteiger partial charge in [0.05, 0.1) is 11.9 Å². The van der Waals surface area contributed by atoms with Gasteiger partial charge < -0.3 is 10.2 Å². The maximum absolute atomic E-state index is 13.3. The van der Waals surface area contributed by atoms with E-state index in [9.17, 15) is 17.6 Å². The van der Waals surface area contributed by atoms with Crippen molar-refractivity contribution in [2.75, 3.05) is 25.5 Å². The standard InChI is InChI=1S/C20H23FN4O3S/c1-25(13-15-5-2-6-16(21)11-15)14-20(26)23-17-7-3-8-18(12-17)29(27,28)24-19-9-4-10-22-19/h2-3,5-8,11-12H,4,9-10,13-14H2,1H3,(H,22,24)(H,23,26)/p+1. The number of carbonyl (C=O) groups is 1. The van der Waals surface area contributed by atoms with E-state index in [0.717, 1.165) is 16.9 Å². The molecule has 1 aliphatic heterocycles. The summed E-state index contributed by atoms with van der Waals surface area (Å²) >= 11 is 0. The zero-order chi connectivity index (χ0) is 20.9. The fourth-order valence-electron chi connectivity index (χ4n) is 3.12. The molecule has 3 N–H and O–H groups in total. The number of hydrogen-bond acceptors (Lipinski definition) is 4. The van der Waals surface area contributed by atoms with Crippen LogP contribution in [-0.2, 0) is 21.4 Å². The van der Waals surface area contributed by atoms with Gasteiger partial charge in [-0.3, -0.25) is 14.5 Å². The Labute approximate surface area is 169 Å². The molecule has 7 nitrogen and oxygen atoms in total. The largest absolute Gasteiger partial charge is 0.326 e. The number of benzene rings is 2. The summed E-state index contributed by atoms with van der Waals surface area (Å²) in [6.07, 6.45) is 1.44. The third-order valence-electron chi connectivity index (χ3n) is 4.41. The number of quaternary nitrogens is 1. The summed E-state index contributed by atoms with van der Waals surface area (Å²) in [6, 6.07) is 12.3. The Bertz CT molecular complexity index is 1020. The number of halogens is 1. The van der Waals surface area contributed by atoms with Crippen molar-refractivity contribution in [1.82, 2.24) is 4.72 Å². The average molecular weight is 420 g/mol. The van der Waals surface area contributed by atoms with Crippen LogP contribution in [0, 0.1) is 5.82 Å². The number of sulfonamides is 1. The van der Waals surface area contributed by atoms with E-state index < -0.39 is 10.0 Å². The van der Waals surface area contributed by atoms with Crippen molar-refractivity contribution in [3.05, 3.63) is 59.9 Å². The molecule has 9 heteroatoms. The number of hydrogen-bond donors (Lipinski definition) is 3. The number of rotatable bonds is 7. The molecule has 154 valence electrons. The minimum Gasteiger partial charge on any atom is -0.326 e. The molecule has 0 radical (unpaired) electrons. The second-order valence-electron chi connectivity index (χ2n) is 7.05. The monoisotopic (exact) mass is 419 g/mol. The number of nitrogens with one attached hydrogen (secondary N) is 3. The highest BCUT2D eigenvalue weighted by Gasteiger charge is 2.19. The van der Waals surface area contributed by atoms with Gasteiger partial charge in [-0.2, -0.15) is 0 Å². The van der Waals surface area contributed by atoms with Crippen molar-refractivity contribution < 1.29 is 22.5 Å². The van der Waals surface area contributed by atoms with E-state index in [0.29, 0.717) is 31.0 Å². The molecule has 0 spiro atoms. The molecule has 0 saturated carbocycles. The van der Waals surface area contributed by atoms with Crippen molar-refractivity contribution in [2.24, 2.45) is 4.99 Å². The van der Waals surface area contributed by atoms with E-state index in [2.05, 4.69) is 15.0 Å². The van der Waals surface area contributed by atoms with Gasteiger partial charge in [0.15, 0.2) is 6.54 Å². The molecular weight excluding hydrogens is 395 g/mol. The third-order valence-corrected chi connectivity index (χ3v) is 5.79. The normalized spacial score (nSPS) is 14.9. The fraction of sp³-hybridized carbons (Fsp3) is 0.300. The molecular formula is C20H24FN4O3S+. The Kier molecular flexibility index (Phi) is 6.60. The van der Waals surface area contributed by atoms with Gasteiger partial charge >= 0.3 is 0 Å². The first kappa shape index (κ1) is 20.9. The van der Waals surface area contributed by atoms with Crippen molar-refractivity contribution in [3.63, 3.8) is 0 Å². The quantitative estimate of drug-likeness (QED) is 0.624. The number of nitrogens with zero attached hydrogens (tertiary/aromatic N) is 1. The lowest BCUT2D eigenvalue weighted by Crippen LogP contribution is -3.08. The summed E-state index contributed by atoms with van der Waals surface area (Å²) in [5.74, 6) is -0.112. The van der Waals surface area contributed by atoms with Crippen LogP contribution in [0.3, 0.4) is 0 Å². The molecule has 29 heavy (non-hydrogen) atoms. The van der Waals surface area contributed by atoms with Gasteiger partial charge in [-0.15, -0.1) is 0 Å². The Hall–Kier alpha value is -2.78. The SMILES string of the molecule is C[NH+](CC(=O)Nc1cccc(S(=O)(=O)NC2=NCCC2)c1)Cc1cccc(F)c1. The van der Waals surface area contributed by atoms with E-state index in [1.54, 1.807) is 24.3 Å². The molecule has 0 aliphatic carbocycles. The predicted octanol–water partition coefficient (Wildman–Crippen LogP) is 0.950. The lowest BCUT2D eigenvalue weighted by Gasteiger charge is -2.14. The van der Waals surface area contributed by atoms with Crippen molar-refractivity contribution >= 4 is 27.5 Å². The average Bonchev–Trinajstić information content (AvgIpc) is 3.14. The molecule has 0 bridgehead atoms. The summed E-state index contributed by atoms with van der Waals surface area (Å²) in [5.41, 5.74) is 1.19. The van der Waals surface area contributed by atoms with Gasteiger partial charge in [-0.1, -0.05) is 18.2 Å². The first-order chi connectivity index (χ1) is 13.8. The van der Waals surface area contributed by atoms with Gasteiger partial charge in [-0.05, 0) is 36.8 Å². The number of carbonyl (C=O) groups excluding carboxylic acids is 1. The van der Waals surface area contributed by atoms with Crippen LogP contribution in [0.25, 0.3) is 0 Å². The van der Waals surface area contributed by atoms with E-state index in [1.807, 2.05) is 7.05 Å². The molecule has 2 aromatic rings. The molecule has 1 unspecified atom stereocenters. The zero-order valence-corrected chi connectivity index (χ0v) is 16.9. The van der Waals surface area contributed by atoms with Gasteiger partial charge in [0.1, 0.15) is 18.2 Å². The molecule has 3 rings (SSSR count). The van der Waals surface area contributed by atoms with Crippen LogP contribution in [0.15, 0.2) is 58.4 Å². The second-order valence-corrected chi connectivity index (χ2v) is 8.74. The van der Waals surface area contributed by atoms with Crippen LogP contribution in [-0.4, -0.2) is 40.3 Å². The number of likely N-dealkylation sites (N-methyl/N-ethyl adjacent to an activating group) is 1. The maximum Gasteiger partial charge on any atom is 0.279 e. The van der Waals surface area contributed by atoms with Gasteiger partial charge in [0.2, 0.25) is 0 Å². The number of aliphatic imine (C=N–C) groups is 1. The molecule has 0 fully saturated rings. The van der Waals surface area contributed by atoms with E-state index in [4.69, 9.17) is 0 Å². The first-order valence-corrected chi connectivity index (χ1v) is 10.8. The Morgan fingerprint density at radius 3 is 2.72 bits per heavy atom. The first-order valence-electron chi connectivity index (χ1n) is 9.34. The summed E-state index contributed by atoms with van der Waals surface area (Å²) in [5, 5.41) is 2.72. The van der Waals surface area contributed by atoms with E-state index in [-0.39, 0.29) is 23.2 Å². The van der Waals surface area contributed by atoms with Crippen molar-refractivity contribution in [3.8, 4) is 0 Å². The van der Waals surface area contributed by atoms with E-state index >= 15 is 0 Å². The molecule has 1 atom stereocenters. The minimum atomic E-state index is -3.74. The van der Waals surface area contributed by atoms with Crippen molar-refractivity contribution in [2.45, 2.75) is 24.3 Å². The highest BCUT2D eigenvalue weighted by molar-refractivity contribution is 7.90. The number of amides is 1. The number of amidine groups is 1. The second kappa shape index (κ2) is 9.15. The smallest absolute Gasteiger partial charge is 0.279 e. The molecule has 0 saturated heterocycles. The fourth-order valence-corrected chi connectivity index (χ4v) is 4.25.